The Hall–Kier alpha value is -2.41. The van der Waals surface area contributed by atoms with E-state index >= 15 is 0 Å². The molecule has 0 aliphatic heterocycles. The fourth-order valence-electron chi connectivity index (χ4n) is 4.18. The Morgan fingerprint density at radius 2 is 1.79 bits per heavy atom. The Balaban J connectivity index is 1.76. The summed E-state index contributed by atoms with van der Waals surface area (Å²) in [5, 5.41) is 3.11. The largest absolute Gasteiger partial charge is 0.483 e. The maximum atomic E-state index is 13.4. The number of nitrogens with zero attached hydrogens (tertiary/aromatic N) is 1. The van der Waals surface area contributed by atoms with E-state index in [4.69, 9.17) is 4.74 Å². The van der Waals surface area contributed by atoms with Crippen LogP contribution < -0.4 is 10.1 Å². The normalized spacial score (nSPS) is 14.7. The minimum Gasteiger partial charge on any atom is -0.483 e. The van der Waals surface area contributed by atoms with Crippen LogP contribution in [0.3, 0.4) is 0 Å². The highest BCUT2D eigenvalue weighted by atomic mass is 79.9. The molecule has 2 aromatic rings. The maximum absolute atomic E-state index is 13.4. The highest BCUT2D eigenvalue weighted by molar-refractivity contribution is 9.10. The minimum atomic E-state index is -0.627. The van der Waals surface area contributed by atoms with Gasteiger partial charge in [-0.05, 0) is 77.0 Å². The van der Waals surface area contributed by atoms with Crippen molar-refractivity contribution in [3.63, 3.8) is 0 Å². The standard InChI is InChI=1S/C26H32BrFN2O3/c1-3-18-11-14-24(22(27)15-18)33-17-25(31)30(16-19-9-12-20(28)13-10-19)23(4-2)26(32)29-21-7-5-6-8-21/h9-15,21,23H,3-8,16-17H2,1-2H3,(H,29,32)/t23-/m1/s1. The van der Waals surface area contributed by atoms with E-state index in [1.807, 2.05) is 25.1 Å². The van der Waals surface area contributed by atoms with Crippen LogP contribution in [0.25, 0.3) is 0 Å². The fraction of sp³-hybridized carbons (Fsp3) is 0.462. The van der Waals surface area contributed by atoms with Gasteiger partial charge in [-0.2, -0.15) is 0 Å². The molecule has 0 saturated heterocycles. The first-order chi connectivity index (χ1) is 15.9. The van der Waals surface area contributed by atoms with Crippen molar-refractivity contribution in [1.82, 2.24) is 10.2 Å². The minimum absolute atomic E-state index is 0.145. The molecule has 7 heteroatoms. The third kappa shape index (κ3) is 7.03. The Labute approximate surface area is 203 Å². The van der Waals surface area contributed by atoms with Crippen LogP contribution in [0.15, 0.2) is 46.9 Å². The highest BCUT2D eigenvalue weighted by Crippen LogP contribution is 2.26. The molecule has 2 amide bonds. The Morgan fingerprint density at radius 1 is 1.12 bits per heavy atom. The van der Waals surface area contributed by atoms with Crippen LogP contribution in [0.4, 0.5) is 4.39 Å². The van der Waals surface area contributed by atoms with Crippen LogP contribution in [0.2, 0.25) is 0 Å². The number of amides is 2. The lowest BCUT2D eigenvalue weighted by molar-refractivity contribution is -0.143. The number of halogens is 2. The van der Waals surface area contributed by atoms with Crippen molar-refractivity contribution in [2.45, 2.75) is 71.0 Å². The van der Waals surface area contributed by atoms with E-state index in [0.29, 0.717) is 12.2 Å². The summed E-state index contributed by atoms with van der Waals surface area (Å²) in [5.74, 6) is -0.204. The second-order valence-corrected chi connectivity index (χ2v) is 9.32. The van der Waals surface area contributed by atoms with Crippen LogP contribution in [0.1, 0.15) is 57.1 Å². The van der Waals surface area contributed by atoms with E-state index in [9.17, 15) is 14.0 Å². The first kappa shape index (κ1) is 25.2. The molecule has 5 nitrogen and oxygen atoms in total. The summed E-state index contributed by atoms with van der Waals surface area (Å²) in [4.78, 5) is 27.9. The van der Waals surface area contributed by atoms with Gasteiger partial charge in [0.25, 0.3) is 5.91 Å². The summed E-state index contributed by atoms with van der Waals surface area (Å²) in [6, 6.07) is 11.3. The Kier molecular flexibility index (Phi) is 9.30. The lowest BCUT2D eigenvalue weighted by Crippen LogP contribution is -2.52. The number of hydrogen-bond acceptors (Lipinski definition) is 3. The predicted molar refractivity (Wildman–Crippen MR) is 130 cm³/mol. The van der Waals surface area contributed by atoms with Gasteiger partial charge in [-0.15, -0.1) is 0 Å². The zero-order chi connectivity index (χ0) is 23.8. The van der Waals surface area contributed by atoms with Gasteiger partial charge in [0, 0.05) is 12.6 Å². The first-order valence-corrected chi connectivity index (χ1v) is 12.5. The van der Waals surface area contributed by atoms with Gasteiger partial charge in [-0.25, -0.2) is 4.39 Å². The van der Waals surface area contributed by atoms with Crippen LogP contribution in [0.5, 0.6) is 5.75 Å². The van der Waals surface area contributed by atoms with E-state index in [1.54, 1.807) is 17.0 Å². The number of carbonyl (C=O) groups is 2. The average Bonchev–Trinajstić information content (AvgIpc) is 3.32. The lowest BCUT2D eigenvalue weighted by Gasteiger charge is -2.31. The first-order valence-electron chi connectivity index (χ1n) is 11.7. The zero-order valence-corrected chi connectivity index (χ0v) is 20.9. The number of ether oxygens (including phenoxy) is 1. The molecule has 3 rings (SSSR count). The van der Waals surface area contributed by atoms with Crippen molar-refractivity contribution < 1.29 is 18.7 Å². The monoisotopic (exact) mass is 518 g/mol. The van der Waals surface area contributed by atoms with E-state index in [2.05, 4.69) is 28.2 Å². The number of carbonyl (C=O) groups excluding carboxylic acids is 2. The van der Waals surface area contributed by atoms with E-state index in [1.165, 1.54) is 12.1 Å². The smallest absolute Gasteiger partial charge is 0.261 e. The van der Waals surface area contributed by atoms with Gasteiger partial charge >= 0.3 is 0 Å². The lowest BCUT2D eigenvalue weighted by atomic mass is 10.1. The van der Waals surface area contributed by atoms with Crippen LogP contribution in [-0.4, -0.2) is 35.4 Å². The van der Waals surface area contributed by atoms with Gasteiger partial charge in [0.2, 0.25) is 5.91 Å². The third-order valence-electron chi connectivity index (χ3n) is 6.11. The summed E-state index contributed by atoms with van der Waals surface area (Å²) >= 11 is 3.50. The summed E-state index contributed by atoms with van der Waals surface area (Å²) in [5.41, 5.74) is 1.92. The molecule has 0 unspecified atom stereocenters. The number of nitrogens with one attached hydrogen (secondary N) is 1. The number of benzene rings is 2. The van der Waals surface area contributed by atoms with Gasteiger partial charge in [-0.1, -0.05) is 44.9 Å². The van der Waals surface area contributed by atoms with Crippen molar-refractivity contribution in [2.75, 3.05) is 6.61 Å². The van der Waals surface area contributed by atoms with Gasteiger partial charge in [0.15, 0.2) is 6.61 Å². The molecule has 0 spiro atoms. The predicted octanol–water partition coefficient (Wildman–Crippen LogP) is 5.40. The summed E-state index contributed by atoms with van der Waals surface area (Å²) < 4.78 is 20.0. The molecule has 1 fully saturated rings. The molecule has 1 aliphatic rings. The van der Waals surface area contributed by atoms with E-state index in [0.717, 1.165) is 47.7 Å². The molecule has 33 heavy (non-hydrogen) atoms. The SMILES string of the molecule is CCc1ccc(OCC(=O)N(Cc2ccc(F)cc2)[C@H](CC)C(=O)NC2CCCC2)c(Br)c1. The zero-order valence-electron chi connectivity index (χ0n) is 19.3. The van der Waals surface area contributed by atoms with Crippen LogP contribution in [0, 0.1) is 5.82 Å². The van der Waals surface area contributed by atoms with Crippen molar-refractivity contribution >= 4 is 27.7 Å². The molecule has 0 aromatic heterocycles. The average molecular weight is 519 g/mol. The van der Waals surface area contributed by atoms with Gasteiger partial charge in [0.1, 0.15) is 17.6 Å². The van der Waals surface area contributed by atoms with Gasteiger partial charge in [-0.3, -0.25) is 9.59 Å². The molecule has 1 saturated carbocycles. The molecule has 1 atom stereocenters. The van der Waals surface area contributed by atoms with Crippen LogP contribution >= 0.6 is 15.9 Å². The van der Waals surface area contributed by atoms with E-state index in [-0.39, 0.29) is 36.8 Å². The molecular weight excluding hydrogens is 487 g/mol. The summed E-state index contributed by atoms with van der Waals surface area (Å²) in [7, 11) is 0. The quantitative estimate of drug-likeness (QED) is 0.458. The Morgan fingerprint density at radius 3 is 2.39 bits per heavy atom. The molecule has 1 aliphatic carbocycles. The van der Waals surface area contributed by atoms with Gasteiger partial charge in [0.05, 0.1) is 4.47 Å². The topological polar surface area (TPSA) is 58.6 Å². The van der Waals surface area contributed by atoms with Crippen molar-refractivity contribution in [2.24, 2.45) is 0 Å². The molecule has 0 heterocycles. The molecule has 0 radical (unpaired) electrons. The number of hydrogen-bond donors (Lipinski definition) is 1. The molecular formula is C26H32BrFN2O3. The maximum Gasteiger partial charge on any atom is 0.261 e. The number of rotatable bonds is 10. The van der Waals surface area contributed by atoms with E-state index < -0.39 is 6.04 Å². The fourth-order valence-corrected chi connectivity index (χ4v) is 4.72. The molecule has 2 aromatic carbocycles. The molecule has 178 valence electrons. The van der Waals surface area contributed by atoms with Crippen molar-refractivity contribution in [1.29, 1.82) is 0 Å². The number of aryl methyl sites for hydroxylation is 1. The third-order valence-corrected chi connectivity index (χ3v) is 6.73. The van der Waals surface area contributed by atoms with Gasteiger partial charge < -0.3 is 15.0 Å². The second-order valence-electron chi connectivity index (χ2n) is 8.47. The van der Waals surface area contributed by atoms with Crippen molar-refractivity contribution in [3.8, 4) is 5.75 Å². The second kappa shape index (κ2) is 12.2. The van der Waals surface area contributed by atoms with Crippen molar-refractivity contribution in [3.05, 3.63) is 63.9 Å². The highest BCUT2D eigenvalue weighted by Gasteiger charge is 2.31. The summed E-state index contributed by atoms with van der Waals surface area (Å²) in [6.07, 6.45) is 5.54. The summed E-state index contributed by atoms with van der Waals surface area (Å²) in [6.45, 7) is 3.97. The van der Waals surface area contributed by atoms with Crippen LogP contribution in [-0.2, 0) is 22.6 Å². The molecule has 1 N–H and O–H groups in total. The Bertz CT molecular complexity index is 945. The molecule has 0 bridgehead atoms.